The number of aliphatic hydroxyl groups is 1. The molecule has 0 atom stereocenters. The van der Waals surface area contributed by atoms with Gasteiger partial charge >= 0.3 is 0 Å². The fourth-order valence-electron chi connectivity index (χ4n) is 4.09. The highest BCUT2D eigenvalue weighted by Gasteiger charge is 2.32. The number of carbonyl (C=O) groups is 1. The van der Waals surface area contributed by atoms with E-state index in [0.29, 0.717) is 24.7 Å². The topological polar surface area (TPSA) is 78.4 Å². The van der Waals surface area contributed by atoms with Crippen LogP contribution in [0, 0.1) is 6.92 Å². The SMILES string of the molecule is CC(=O)NCC1=CC(CO)=C(CN(Cc2ncc(Cl)cc2C)C(C)(C)c2ccccn2)CC1. The maximum atomic E-state index is 11.3. The molecule has 2 aromatic rings. The summed E-state index contributed by atoms with van der Waals surface area (Å²) < 4.78 is 0. The molecule has 3 rings (SSSR count). The number of aryl methyl sites for hydroxylation is 1. The minimum Gasteiger partial charge on any atom is -0.392 e. The van der Waals surface area contributed by atoms with Gasteiger partial charge in [-0.3, -0.25) is 19.7 Å². The van der Waals surface area contributed by atoms with Gasteiger partial charge in [-0.05, 0) is 62.9 Å². The lowest BCUT2D eigenvalue weighted by molar-refractivity contribution is -0.118. The van der Waals surface area contributed by atoms with Crippen molar-refractivity contribution < 1.29 is 9.90 Å². The summed E-state index contributed by atoms with van der Waals surface area (Å²) in [6.07, 6.45) is 7.23. The molecular weight excluding hydrogens is 436 g/mol. The van der Waals surface area contributed by atoms with E-state index in [-0.39, 0.29) is 18.1 Å². The third-order valence-electron chi connectivity index (χ3n) is 6.27. The molecule has 2 heterocycles. The Morgan fingerprint density at radius 2 is 2.03 bits per heavy atom. The number of rotatable bonds is 9. The van der Waals surface area contributed by atoms with Crippen LogP contribution < -0.4 is 5.32 Å². The van der Waals surface area contributed by atoms with Crippen molar-refractivity contribution >= 4 is 17.5 Å². The molecule has 1 amide bonds. The third-order valence-corrected chi connectivity index (χ3v) is 6.48. The number of nitrogens with zero attached hydrogens (tertiary/aromatic N) is 3. The fraction of sp³-hybridized carbons (Fsp3) is 0.423. The van der Waals surface area contributed by atoms with Gasteiger partial charge in [-0.2, -0.15) is 0 Å². The molecule has 2 N–H and O–H groups in total. The van der Waals surface area contributed by atoms with Crippen LogP contribution in [-0.2, 0) is 16.9 Å². The van der Waals surface area contributed by atoms with Crippen LogP contribution in [0.15, 0.2) is 59.5 Å². The third kappa shape index (κ3) is 6.50. The molecule has 0 unspecified atom stereocenters. The largest absolute Gasteiger partial charge is 0.392 e. The van der Waals surface area contributed by atoms with Crippen LogP contribution in [0.2, 0.25) is 5.02 Å². The van der Waals surface area contributed by atoms with Crippen LogP contribution in [0.4, 0.5) is 0 Å². The van der Waals surface area contributed by atoms with E-state index < -0.39 is 0 Å². The summed E-state index contributed by atoms with van der Waals surface area (Å²) in [6, 6.07) is 7.91. The van der Waals surface area contributed by atoms with Gasteiger partial charge in [0.05, 0.1) is 28.6 Å². The highest BCUT2D eigenvalue weighted by molar-refractivity contribution is 6.30. The first kappa shape index (κ1) is 25.1. The molecule has 0 saturated heterocycles. The molecule has 6 nitrogen and oxygen atoms in total. The van der Waals surface area contributed by atoms with E-state index in [0.717, 1.165) is 40.9 Å². The van der Waals surface area contributed by atoms with Gasteiger partial charge in [-0.25, -0.2) is 0 Å². The zero-order valence-electron chi connectivity index (χ0n) is 19.9. The average Bonchev–Trinajstić information content (AvgIpc) is 2.79. The second-order valence-electron chi connectivity index (χ2n) is 9.05. The van der Waals surface area contributed by atoms with Gasteiger partial charge in [0.15, 0.2) is 0 Å². The Morgan fingerprint density at radius 3 is 2.67 bits per heavy atom. The maximum Gasteiger partial charge on any atom is 0.217 e. The number of hydrogen-bond acceptors (Lipinski definition) is 5. The van der Waals surface area contributed by atoms with Gasteiger partial charge in [-0.1, -0.05) is 34.9 Å². The highest BCUT2D eigenvalue weighted by Crippen LogP contribution is 2.32. The number of halogens is 1. The predicted octanol–water partition coefficient (Wildman–Crippen LogP) is 4.32. The Hall–Kier alpha value is -2.54. The summed E-state index contributed by atoms with van der Waals surface area (Å²) in [5, 5.41) is 13.6. The van der Waals surface area contributed by atoms with Gasteiger partial charge in [0.25, 0.3) is 0 Å². The number of nitrogens with one attached hydrogen (secondary N) is 1. The van der Waals surface area contributed by atoms with E-state index in [4.69, 9.17) is 11.6 Å². The summed E-state index contributed by atoms with van der Waals surface area (Å²) in [4.78, 5) is 22.9. The second kappa shape index (κ2) is 11.1. The highest BCUT2D eigenvalue weighted by atomic mass is 35.5. The molecule has 1 aliphatic rings. The van der Waals surface area contributed by atoms with Crippen molar-refractivity contribution in [1.82, 2.24) is 20.2 Å². The molecule has 0 radical (unpaired) electrons. The maximum absolute atomic E-state index is 11.3. The first-order valence-electron chi connectivity index (χ1n) is 11.2. The second-order valence-corrected chi connectivity index (χ2v) is 9.48. The molecule has 0 saturated carbocycles. The van der Waals surface area contributed by atoms with Crippen molar-refractivity contribution in [2.45, 2.75) is 52.6 Å². The van der Waals surface area contributed by atoms with Crippen LogP contribution in [0.1, 0.15) is 50.6 Å². The minimum absolute atomic E-state index is 0.0328. The molecule has 0 aromatic carbocycles. The van der Waals surface area contributed by atoms with Crippen LogP contribution in [-0.4, -0.2) is 45.6 Å². The molecule has 1 aliphatic carbocycles. The number of aromatic nitrogens is 2. The molecule has 0 fully saturated rings. The number of aliphatic hydroxyl groups excluding tert-OH is 1. The van der Waals surface area contributed by atoms with Gasteiger partial charge in [0.2, 0.25) is 5.91 Å². The minimum atomic E-state index is -0.372. The van der Waals surface area contributed by atoms with Crippen molar-refractivity contribution in [3.8, 4) is 0 Å². The molecule has 176 valence electrons. The van der Waals surface area contributed by atoms with Crippen molar-refractivity contribution in [1.29, 1.82) is 0 Å². The van der Waals surface area contributed by atoms with Gasteiger partial charge < -0.3 is 10.4 Å². The van der Waals surface area contributed by atoms with Gasteiger partial charge in [0, 0.05) is 39.0 Å². The molecule has 0 spiro atoms. The van der Waals surface area contributed by atoms with Crippen LogP contribution in [0.25, 0.3) is 0 Å². The Balaban J connectivity index is 1.94. The Bertz CT molecular complexity index is 1050. The Kier molecular flexibility index (Phi) is 8.40. The summed E-state index contributed by atoms with van der Waals surface area (Å²) >= 11 is 6.14. The Labute approximate surface area is 201 Å². The van der Waals surface area contributed by atoms with E-state index in [1.54, 1.807) is 6.20 Å². The van der Waals surface area contributed by atoms with Crippen molar-refractivity contribution in [3.63, 3.8) is 0 Å². The van der Waals surface area contributed by atoms with E-state index in [9.17, 15) is 9.90 Å². The van der Waals surface area contributed by atoms with Crippen LogP contribution >= 0.6 is 11.6 Å². The van der Waals surface area contributed by atoms with E-state index >= 15 is 0 Å². The first-order valence-corrected chi connectivity index (χ1v) is 11.6. The zero-order chi connectivity index (χ0) is 24.0. The number of pyridine rings is 2. The lowest BCUT2D eigenvalue weighted by atomic mass is 9.89. The predicted molar refractivity (Wildman–Crippen MR) is 132 cm³/mol. The molecule has 33 heavy (non-hydrogen) atoms. The number of carbonyl (C=O) groups excluding carboxylic acids is 1. The van der Waals surface area contributed by atoms with Gasteiger partial charge in [0.1, 0.15) is 0 Å². The lowest BCUT2D eigenvalue weighted by Gasteiger charge is -2.39. The van der Waals surface area contributed by atoms with Crippen molar-refractivity contribution in [2.24, 2.45) is 0 Å². The lowest BCUT2D eigenvalue weighted by Crippen LogP contribution is -2.43. The van der Waals surface area contributed by atoms with Crippen LogP contribution in [0.5, 0.6) is 0 Å². The molecule has 7 heteroatoms. The Morgan fingerprint density at radius 1 is 1.24 bits per heavy atom. The normalized spacial score (nSPS) is 14.5. The smallest absolute Gasteiger partial charge is 0.217 e. The van der Waals surface area contributed by atoms with E-state index in [2.05, 4.69) is 34.0 Å². The quantitative estimate of drug-likeness (QED) is 0.573. The average molecular weight is 469 g/mol. The van der Waals surface area contributed by atoms with E-state index in [1.807, 2.05) is 43.5 Å². The summed E-state index contributed by atoms with van der Waals surface area (Å²) in [5.74, 6) is -0.0506. The van der Waals surface area contributed by atoms with Crippen molar-refractivity contribution in [2.75, 3.05) is 19.7 Å². The molecule has 2 aromatic heterocycles. The summed E-state index contributed by atoms with van der Waals surface area (Å²) in [7, 11) is 0. The molecular formula is C26H33ClN4O2. The summed E-state index contributed by atoms with van der Waals surface area (Å²) in [6.45, 7) is 9.65. The van der Waals surface area contributed by atoms with Gasteiger partial charge in [-0.15, -0.1) is 0 Å². The number of hydrogen-bond donors (Lipinski definition) is 2. The molecule has 0 aliphatic heterocycles. The standard InChI is InChI=1S/C26H33ClN4O2/c1-18-11-23(27)14-30-24(18)16-31(26(3,4)25-7-5-6-10-28-25)15-21-9-8-20(12-22(21)17-32)13-29-19(2)33/h5-7,10-12,14,32H,8-9,13,15-17H2,1-4H3,(H,29,33). The molecule has 0 bridgehead atoms. The first-order chi connectivity index (χ1) is 15.7. The summed E-state index contributed by atoms with van der Waals surface area (Å²) in [5.41, 5.74) is 5.85. The van der Waals surface area contributed by atoms with Crippen LogP contribution in [0.3, 0.4) is 0 Å². The monoisotopic (exact) mass is 468 g/mol. The fourth-order valence-corrected chi connectivity index (χ4v) is 4.30. The zero-order valence-corrected chi connectivity index (χ0v) is 20.6. The number of amides is 1. The van der Waals surface area contributed by atoms with Crippen molar-refractivity contribution in [3.05, 3.63) is 81.4 Å². The van der Waals surface area contributed by atoms with E-state index in [1.165, 1.54) is 12.5 Å².